The fraction of sp³-hybridized carbons (Fsp3) is 0.0556. The van der Waals surface area contributed by atoms with Crippen molar-refractivity contribution in [1.82, 2.24) is 0 Å². The molecule has 2 aromatic rings. The Hall–Kier alpha value is -2.41. The summed E-state index contributed by atoms with van der Waals surface area (Å²) in [6, 6.07) is 19.7. The molecule has 0 saturated heterocycles. The molecule has 0 aromatic heterocycles. The molecule has 2 rings (SSSR count). The zero-order chi connectivity index (χ0) is 13.5. The molecule has 0 aliphatic carbocycles. The third-order valence-electron chi connectivity index (χ3n) is 2.80. The molecular weight excluding hydrogens is 232 g/mol. The molecule has 1 nitrogen and oxygen atoms in total. The lowest BCUT2D eigenvalue weighted by atomic mass is 10.1. The Balaban J connectivity index is 2.08. The van der Waals surface area contributed by atoms with Gasteiger partial charge in [-0.05, 0) is 35.8 Å². The molecule has 0 heterocycles. The maximum absolute atomic E-state index is 12.0. The van der Waals surface area contributed by atoms with Crippen LogP contribution in [-0.2, 0) is 4.79 Å². The number of rotatable bonds is 4. The Morgan fingerprint density at radius 2 is 1.37 bits per heavy atom. The fourth-order valence-electron chi connectivity index (χ4n) is 1.74. The smallest absolute Gasteiger partial charge is 0.181 e. The van der Waals surface area contributed by atoms with Crippen LogP contribution in [0.15, 0.2) is 72.3 Å². The summed E-state index contributed by atoms with van der Waals surface area (Å²) in [5.74, 6) is 0.0349. The molecule has 1 heteroatoms. The van der Waals surface area contributed by atoms with E-state index >= 15 is 0 Å². The van der Waals surface area contributed by atoms with Crippen LogP contribution in [0.5, 0.6) is 0 Å². The van der Waals surface area contributed by atoms with Crippen LogP contribution < -0.4 is 0 Å². The summed E-state index contributed by atoms with van der Waals surface area (Å²) in [6.45, 7) is 1.84. The Morgan fingerprint density at radius 1 is 0.842 bits per heavy atom. The number of carbonyl (C=O) groups is 1. The normalized spacial score (nSPS) is 11.7. The van der Waals surface area contributed by atoms with Crippen LogP contribution in [0, 0.1) is 0 Å². The van der Waals surface area contributed by atoms with Crippen molar-refractivity contribution in [2.45, 2.75) is 6.92 Å². The first-order chi connectivity index (χ1) is 9.25. The highest BCUT2D eigenvalue weighted by atomic mass is 16.1. The Kier molecular flexibility index (Phi) is 4.46. The van der Waals surface area contributed by atoms with Crippen molar-refractivity contribution >= 4 is 17.9 Å². The van der Waals surface area contributed by atoms with Gasteiger partial charge in [-0.3, -0.25) is 4.79 Å². The van der Waals surface area contributed by atoms with Crippen molar-refractivity contribution in [2.24, 2.45) is 0 Å². The van der Waals surface area contributed by atoms with E-state index < -0.39 is 0 Å². The van der Waals surface area contributed by atoms with Crippen molar-refractivity contribution in [3.63, 3.8) is 0 Å². The van der Waals surface area contributed by atoms with Crippen LogP contribution >= 0.6 is 0 Å². The first kappa shape index (κ1) is 13.0. The molecule has 0 aliphatic rings. The number of hydrogen-bond acceptors (Lipinski definition) is 1. The molecule has 19 heavy (non-hydrogen) atoms. The van der Waals surface area contributed by atoms with Crippen LogP contribution in [0.25, 0.3) is 12.2 Å². The third kappa shape index (κ3) is 4.07. The second-order valence-electron chi connectivity index (χ2n) is 4.35. The summed E-state index contributed by atoms with van der Waals surface area (Å²) in [5, 5.41) is 0. The van der Waals surface area contributed by atoms with E-state index in [0.29, 0.717) is 0 Å². The minimum Gasteiger partial charge on any atom is -0.290 e. The van der Waals surface area contributed by atoms with Crippen molar-refractivity contribution in [3.8, 4) is 0 Å². The molecule has 0 atom stereocenters. The van der Waals surface area contributed by atoms with Crippen molar-refractivity contribution in [3.05, 3.63) is 83.4 Å². The van der Waals surface area contributed by atoms with Gasteiger partial charge < -0.3 is 0 Å². The predicted octanol–water partition coefficient (Wildman–Crippen LogP) is 4.37. The summed E-state index contributed by atoms with van der Waals surface area (Å²) in [6.07, 6.45) is 5.35. The molecule has 0 amide bonds. The van der Waals surface area contributed by atoms with Gasteiger partial charge in [0.25, 0.3) is 0 Å². The van der Waals surface area contributed by atoms with Gasteiger partial charge in [-0.2, -0.15) is 0 Å². The number of allylic oxidation sites excluding steroid dienone is 2. The molecule has 0 aliphatic heterocycles. The summed E-state index contributed by atoms with van der Waals surface area (Å²) < 4.78 is 0. The molecule has 0 fully saturated rings. The first-order valence-electron chi connectivity index (χ1n) is 6.26. The van der Waals surface area contributed by atoms with E-state index in [1.165, 1.54) is 0 Å². The average molecular weight is 248 g/mol. The number of ketones is 1. The minimum atomic E-state index is 0.0349. The van der Waals surface area contributed by atoms with Gasteiger partial charge >= 0.3 is 0 Å². The Morgan fingerprint density at radius 3 is 1.95 bits per heavy atom. The topological polar surface area (TPSA) is 17.1 Å². The zero-order valence-electron chi connectivity index (χ0n) is 10.9. The van der Waals surface area contributed by atoms with Crippen LogP contribution in [-0.4, -0.2) is 5.78 Å². The second-order valence-corrected chi connectivity index (χ2v) is 4.35. The van der Waals surface area contributed by atoms with Gasteiger partial charge in [-0.15, -0.1) is 0 Å². The highest BCUT2D eigenvalue weighted by Gasteiger charge is 1.99. The van der Waals surface area contributed by atoms with Gasteiger partial charge in [0.05, 0.1) is 0 Å². The first-order valence-corrected chi connectivity index (χ1v) is 6.26. The summed E-state index contributed by atoms with van der Waals surface area (Å²) in [7, 11) is 0. The monoisotopic (exact) mass is 248 g/mol. The summed E-state index contributed by atoms with van der Waals surface area (Å²) >= 11 is 0. The lowest BCUT2D eigenvalue weighted by molar-refractivity contribution is -0.111. The quantitative estimate of drug-likeness (QED) is 0.734. The highest BCUT2D eigenvalue weighted by Crippen LogP contribution is 2.08. The van der Waals surface area contributed by atoms with Gasteiger partial charge in [0, 0.05) is 0 Å². The fourth-order valence-corrected chi connectivity index (χ4v) is 1.74. The van der Waals surface area contributed by atoms with Gasteiger partial charge in [-0.1, -0.05) is 66.7 Å². The van der Waals surface area contributed by atoms with Crippen LogP contribution in [0.2, 0.25) is 0 Å². The predicted molar refractivity (Wildman–Crippen MR) is 80.6 cm³/mol. The standard InChI is InChI=1S/C18H16O/c1-15(14-17-10-6-3-7-11-17)18(19)13-12-16-8-4-2-5-9-16/h2-14H,1H3. The van der Waals surface area contributed by atoms with E-state index in [2.05, 4.69) is 0 Å². The van der Waals surface area contributed by atoms with E-state index in [1.54, 1.807) is 6.08 Å². The van der Waals surface area contributed by atoms with Crippen LogP contribution in [0.3, 0.4) is 0 Å². The van der Waals surface area contributed by atoms with Gasteiger partial charge in [0.15, 0.2) is 5.78 Å². The molecule has 94 valence electrons. The highest BCUT2D eigenvalue weighted by molar-refractivity contribution is 6.08. The largest absolute Gasteiger partial charge is 0.290 e. The average Bonchev–Trinajstić information content (AvgIpc) is 2.47. The number of benzene rings is 2. The molecule has 0 saturated carbocycles. The van der Waals surface area contributed by atoms with E-state index in [4.69, 9.17) is 0 Å². The lowest BCUT2D eigenvalue weighted by Gasteiger charge is -1.97. The van der Waals surface area contributed by atoms with Crippen LogP contribution in [0.4, 0.5) is 0 Å². The number of carbonyl (C=O) groups excluding carboxylic acids is 1. The molecule has 0 N–H and O–H groups in total. The Labute approximate surface area is 113 Å². The van der Waals surface area contributed by atoms with Gasteiger partial charge in [0.1, 0.15) is 0 Å². The van der Waals surface area contributed by atoms with E-state index in [-0.39, 0.29) is 5.78 Å². The van der Waals surface area contributed by atoms with E-state index in [9.17, 15) is 4.79 Å². The van der Waals surface area contributed by atoms with Crippen molar-refractivity contribution in [1.29, 1.82) is 0 Å². The zero-order valence-corrected chi connectivity index (χ0v) is 10.9. The maximum atomic E-state index is 12.0. The molecular formula is C18H16O. The van der Waals surface area contributed by atoms with E-state index in [1.807, 2.05) is 79.7 Å². The minimum absolute atomic E-state index is 0.0349. The molecule has 0 bridgehead atoms. The summed E-state index contributed by atoms with van der Waals surface area (Å²) in [5.41, 5.74) is 2.81. The van der Waals surface area contributed by atoms with E-state index in [0.717, 1.165) is 16.7 Å². The SMILES string of the molecule is CC(=Cc1ccccc1)C(=O)C=Cc1ccccc1. The number of hydrogen-bond donors (Lipinski definition) is 0. The van der Waals surface area contributed by atoms with Crippen molar-refractivity contribution in [2.75, 3.05) is 0 Å². The van der Waals surface area contributed by atoms with Gasteiger partial charge in [0.2, 0.25) is 0 Å². The Bertz CT molecular complexity index is 592. The van der Waals surface area contributed by atoms with Crippen LogP contribution in [0.1, 0.15) is 18.1 Å². The maximum Gasteiger partial charge on any atom is 0.181 e. The molecule has 2 aromatic carbocycles. The molecule has 0 spiro atoms. The molecule has 0 unspecified atom stereocenters. The molecule has 0 radical (unpaired) electrons. The summed E-state index contributed by atoms with van der Waals surface area (Å²) in [4.78, 5) is 12.0. The third-order valence-corrected chi connectivity index (χ3v) is 2.80. The van der Waals surface area contributed by atoms with Gasteiger partial charge in [-0.25, -0.2) is 0 Å². The second kappa shape index (κ2) is 6.50. The van der Waals surface area contributed by atoms with Crippen molar-refractivity contribution < 1.29 is 4.79 Å². The lowest BCUT2D eigenvalue weighted by Crippen LogP contribution is -1.93.